The molecule has 1 aromatic heterocycles. The second-order valence-electron chi connectivity index (χ2n) is 13.3. The van der Waals surface area contributed by atoms with Crippen molar-refractivity contribution in [3.05, 3.63) is 180 Å². The summed E-state index contributed by atoms with van der Waals surface area (Å²) in [5, 5.41) is 2.64. The Hall–Kier alpha value is -5.40. The summed E-state index contributed by atoms with van der Waals surface area (Å²) in [4.78, 5) is 0. The van der Waals surface area contributed by atoms with Gasteiger partial charge in [-0.1, -0.05) is 147 Å². The Balaban J connectivity index is 1.46. The number of para-hydroxylation sites is 2. The van der Waals surface area contributed by atoms with Crippen LogP contribution in [-0.2, 0) is 0 Å². The number of allylic oxidation sites excluding steroid dienone is 4. The first-order valence-electron chi connectivity index (χ1n) is 17.4. The second kappa shape index (κ2) is 12.7. The minimum Gasteiger partial charge on any atom is -0.309 e. The Morgan fingerprint density at radius 3 is 2.10 bits per heavy atom. The van der Waals surface area contributed by atoms with Gasteiger partial charge in [-0.05, 0) is 94.5 Å². The molecule has 8 rings (SSSR count). The first kappa shape index (κ1) is 30.0. The minimum atomic E-state index is 0.201. The zero-order valence-corrected chi connectivity index (χ0v) is 28.0. The number of hydrogen-bond acceptors (Lipinski definition) is 0. The number of nitrogens with zero attached hydrogens (tertiary/aromatic N) is 1. The van der Waals surface area contributed by atoms with Gasteiger partial charge in [0.1, 0.15) is 0 Å². The molecule has 1 aliphatic rings. The quantitative estimate of drug-likeness (QED) is 0.167. The fourth-order valence-corrected chi connectivity index (χ4v) is 7.83. The fraction of sp³-hybridized carbons (Fsp3) is 0.149. The van der Waals surface area contributed by atoms with Crippen LogP contribution in [0.5, 0.6) is 0 Å². The summed E-state index contributed by atoms with van der Waals surface area (Å²) >= 11 is 0. The lowest BCUT2D eigenvalue weighted by molar-refractivity contribution is 0.739. The maximum Gasteiger partial charge on any atom is 0.0550 e. The van der Waals surface area contributed by atoms with E-state index in [0.29, 0.717) is 5.92 Å². The van der Waals surface area contributed by atoms with Gasteiger partial charge in [0, 0.05) is 22.3 Å². The third-order valence-electron chi connectivity index (χ3n) is 10.2. The predicted octanol–water partition coefficient (Wildman–Crippen LogP) is 12.9. The molecule has 0 saturated carbocycles. The van der Waals surface area contributed by atoms with E-state index in [-0.39, 0.29) is 5.92 Å². The van der Waals surface area contributed by atoms with Crippen molar-refractivity contribution in [2.75, 3.05) is 0 Å². The van der Waals surface area contributed by atoms with Crippen molar-refractivity contribution in [1.29, 1.82) is 0 Å². The number of hydrogen-bond donors (Lipinski definition) is 0. The van der Waals surface area contributed by atoms with Gasteiger partial charge in [0.05, 0.1) is 16.7 Å². The molecule has 1 heterocycles. The van der Waals surface area contributed by atoms with Crippen molar-refractivity contribution < 1.29 is 0 Å². The largest absolute Gasteiger partial charge is 0.309 e. The molecule has 48 heavy (non-hydrogen) atoms. The van der Waals surface area contributed by atoms with Crippen LogP contribution in [0.1, 0.15) is 54.9 Å². The van der Waals surface area contributed by atoms with Gasteiger partial charge >= 0.3 is 0 Å². The monoisotopic (exact) mass is 619 g/mol. The molecule has 0 bridgehead atoms. The highest BCUT2D eigenvalue weighted by molar-refractivity contribution is 6.12. The van der Waals surface area contributed by atoms with Gasteiger partial charge in [-0.15, -0.1) is 0 Å². The van der Waals surface area contributed by atoms with Crippen LogP contribution in [0, 0.1) is 12.8 Å². The van der Waals surface area contributed by atoms with Crippen LogP contribution in [0.3, 0.4) is 0 Å². The van der Waals surface area contributed by atoms with E-state index in [0.717, 1.165) is 12.8 Å². The third kappa shape index (κ3) is 5.20. The molecule has 1 nitrogen and oxygen atoms in total. The lowest BCUT2D eigenvalue weighted by Crippen LogP contribution is -2.05. The van der Waals surface area contributed by atoms with Crippen LogP contribution in [0.4, 0.5) is 0 Å². The molecule has 0 radical (unpaired) electrons. The van der Waals surface area contributed by atoms with E-state index in [1.807, 2.05) is 0 Å². The molecule has 0 fully saturated rings. The Labute approximate surface area is 284 Å². The molecule has 234 valence electrons. The predicted molar refractivity (Wildman–Crippen MR) is 206 cm³/mol. The number of benzene rings is 6. The van der Waals surface area contributed by atoms with Crippen LogP contribution >= 0.6 is 0 Å². The van der Waals surface area contributed by atoms with Gasteiger partial charge in [0.25, 0.3) is 0 Å². The van der Waals surface area contributed by atoms with Gasteiger partial charge in [0.15, 0.2) is 0 Å². The molecule has 7 aromatic rings. The highest BCUT2D eigenvalue weighted by Crippen LogP contribution is 2.45. The highest BCUT2D eigenvalue weighted by Gasteiger charge is 2.25. The maximum atomic E-state index is 2.53. The summed E-state index contributed by atoms with van der Waals surface area (Å²) in [6, 6.07) is 51.6. The molecule has 6 aromatic carbocycles. The SMILES string of the molecule is CCC(c1ccccc1-c1ccccc1C)c1cc(-c2ccccc2)cc2c1c1ccccc1n2-c1ccccc1C1=CCC(C)C=C1. The summed E-state index contributed by atoms with van der Waals surface area (Å²) in [6.07, 6.45) is 9.13. The molecule has 2 unspecified atom stereocenters. The van der Waals surface area contributed by atoms with E-state index < -0.39 is 0 Å². The van der Waals surface area contributed by atoms with E-state index >= 15 is 0 Å². The van der Waals surface area contributed by atoms with Crippen LogP contribution in [0.25, 0.3) is 55.3 Å². The summed E-state index contributed by atoms with van der Waals surface area (Å²) < 4.78 is 2.53. The fourth-order valence-electron chi connectivity index (χ4n) is 7.83. The Kier molecular flexibility index (Phi) is 7.90. The maximum absolute atomic E-state index is 2.53. The van der Waals surface area contributed by atoms with Crippen molar-refractivity contribution >= 4 is 27.4 Å². The smallest absolute Gasteiger partial charge is 0.0550 e. The van der Waals surface area contributed by atoms with Gasteiger partial charge in [-0.2, -0.15) is 0 Å². The van der Waals surface area contributed by atoms with Gasteiger partial charge in [-0.3, -0.25) is 0 Å². The van der Waals surface area contributed by atoms with Crippen LogP contribution in [-0.4, -0.2) is 4.57 Å². The van der Waals surface area contributed by atoms with Crippen molar-refractivity contribution in [1.82, 2.24) is 4.57 Å². The summed E-state index contributed by atoms with van der Waals surface area (Å²) in [7, 11) is 0. The van der Waals surface area contributed by atoms with Crippen LogP contribution in [0.2, 0.25) is 0 Å². The Morgan fingerprint density at radius 2 is 1.33 bits per heavy atom. The molecule has 2 atom stereocenters. The van der Waals surface area contributed by atoms with Gasteiger partial charge in [0.2, 0.25) is 0 Å². The molecule has 1 heteroatoms. The zero-order chi connectivity index (χ0) is 32.6. The summed E-state index contributed by atoms with van der Waals surface area (Å²) in [5.41, 5.74) is 15.5. The lowest BCUT2D eigenvalue weighted by atomic mass is 9.81. The molecule has 1 aliphatic carbocycles. The molecular formula is C47H41N. The number of aryl methyl sites for hydroxylation is 1. The third-order valence-corrected chi connectivity index (χ3v) is 10.2. The van der Waals surface area contributed by atoms with Crippen LogP contribution < -0.4 is 0 Å². The minimum absolute atomic E-state index is 0.201. The Morgan fingerprint density at radius 1 is 0.646 bits per heavy atom. The first-order chi connectivity index (χ1) is 23.6. The van der Waals surface area contributed by atoms with Crippen molar-refractivity contribution in [3.63, 3.8) is 0 Å². The average Bonchev–Trinajstić information content (AvgIpc) is 3.47. The van der Waals surface area contributed by atoms with E-state index in [9.17, 15) is 0 Å². The molecule has 0 saturated heterocycles. The van der Waals surface area contributed by atoms with Gasteiger partial charge < -0.3 is 4.57 Å². The molecule has 0 amide bonds. The first-order valence-corrected chi connectivity index (χ1v) is 17.4. The average molecular weight is 620 g/mol. The standard InChI is InChI=1S/C47H41N/c1-4-37(40-21-10-11-22-41(40)38-19-9-8-16-33(38)3)43-30-36(34-17-6-5-7-18-34)31-46-47(43)42-23-13-15-25-45(42)48(46)44-24-14-12-20-39(44)35-28-26-32(2)27-29-35/h5-26,28-32,37H,4,27H2,1-3H3. The van der Waals surface area contributed by atoms with Crippen LogP contribution in [0.15, 0.2) is 158 Å². The Bertz CT molecular complexity index is 2330. The van der Waals surface area contributed by atoms with Crippen molar-refractivity contribution in [2.45, 2.75) is 39.5 Å². The molecule has 0 N–H and O–H groups in total. The zero-order valence-electron chi connectivity index (χ0n) is 28.0. The van der Waals surface area contributed by atoms with E-state index in [1.54, 1.807) is 0 Å². The second-order valence-corrected chi connectivity index (χ2v) is 13.3. The van der Waals surface area contributed by atoms with E-state index in [2.05, 4.69) is 183 Å². The molecular weight excluding hydrogens is 579 g/mol. The molecule has 0 spiro atoms. The van der Waals surface area contributed by atoms with Crippen molar-refractivity contribution in [3.8, 4) is 27.9 Å². The normalized spacial score (nSPS) is 15.1. The highest BCUT2D eigenvalue weighted by atomic mass is 15.0. The topological polar surface area (TPSA) is 4.93 Å². The lowest BCUT2D eigenvalue weighted by Gasteiger charge is -2.23. The summed E-state index contributed by atoms with van der Waals surface area (Å²) in [6.45, 7) is 6.86. The van der Waals surface area contributed by atoms with Crippen molar-refractivity contribution in [2.24, 2.45) is 5.92 Å². The van der Waals surface area contributed by atoms with E-state index in [4.69, 9.17) is 0 Å². The van der Waals surface area contributed by atoms with E-state index in [1.165, 1.54) is 77.6 Å². The van der Waals surface area contributed by atoms with Gasteiger partial charge in [-0.25, -0.2) is 0 Å². The molecule has 0 aliphatic heterocycles. The number of fused-ring (bicyclic) bond motifs is 3. The summed E-state index contributed by atoms with van der Waals surface area (Å²) in [5.74, 6) is 0.769. The number of aromatic nitrogens is 1. The number of rotatable bonds is 7.